The van der Waals surface area contributed by atoms with Crippen LogP contribution in [-0.2, 0) is 29.2 Å². The van der Waals surface area contributed by atoms with Gasteiger partial charge in [0.15, 0.2) is 5.25 Å². The van der Waals surface area contributed by atoms with Gasteiger partial charge in [0.25, 0.3) is 10.1 Å². The van der Waals surface area contributed by atoms with E-state index in [4.69, 9.17) is 9.47 Å². The van der Waals surface area contributed by atoms with Crippen molar-refractivity contribution in [2.45, 2.75) is 90.1 Å². The van der Waals surface area contributed by atoms with Crippen molar-refractivity contribution >= 4 is 22.1 Å². The molecule has 3 unspecified atom stereocenters. The number of hydrogen-bond donors (Lipinski definition) is 1. The van der Waals surface area contributed by atoms with Crippen LogP contribution in [-0.4, -0.2) is 42.4 Å². The number of carbonyl (C=O) groups excluding carboxylic acids is 2. The Morgan fingerprint density at radius 3 is 1.70 bits per heavy atom. The van der Waals surface area contributed by atoms with Crippen LogP contribution < -0.4 is 88.7 Å². The Morgan fingerprint density at radius 1 is 0.926 bits per heavy atom. The third-order valence-corrected chi connectivity index (χ3v) is 4.63. The summed E-state index contributed by atoms with van der Waals surface area (Å²) >= 11 is 0. The first-order valence-electron chi connectivity index (χ1n) is 8.48. The summed E-state index contributed by atoms with van der Waals surface area (Å²) in [4.78, 5) is 23.8. The SMILES string of the molecule is CCCCC(C)OC(=O)CC(C(=O)OC(C)CCCC)S(=O)(=O)O.[H-].[H-].[H-].[Na+].[Na+].[Na+]. The number of hydrogen-bond acceptors (Lipinski definition) is 6. The molecule has 0 heterocycles. The van der Waals surface area contributed by atoms with E-state index in [-0.39, 0.29) is 99.1 Å². The third kappa shape index (κ3) is 18.3. The van der Waals surface area contributed by atoms with Crippen LogP contribution in [0, 0.1) is 0 Å². The molecule has 0 fully saturated rings. The average Bonchev–Trinajstić information content (AvgIpc) is 2.47. The number of rotatable bonds is 12. The van der Waals surface area contributed by atoms with E-state index in [2.05, 4.69) is 0 Å². The molecule has 0 radical (unpaired) electrons. The normalized spacial score (nSPS) is 13.7. The maximum absolute atomic E-state index is 12.0. The van der Waals surface area contributed by atoms with Gasteiger partial charge in [-0.1, -0.05) is 39.5 Å². The molecule has 0 saturated heterocycles. The molecule has 0 spiro atoms. The van der Waals surface area contributed by atoms with E-state index >= 15 is 0 Å². The molecular weight excluding hydrogens is 405 g/mol. The van der Waals surface area contributed by atoms with Crippen LogP contribution in [0.25, 0.3) is 0 Å². The minimum Gasteiger partial charge on any atom is -1.00 e. The smallest absolute Gasteiger partial charge is 1.00 e. The first kappa shape index (κ1) is 36.2. The predicted octanol–water partition coefficient (Wildman–Crippen LogP) is -5.77. The summed E-state index contributed by atoms with van der Waals surface area (Å²) in [6.45, 7) is 7.31. The van der Waals surface area contributed by atoms with Gasteiger partial charge in [0.1, 0.15) is 0 Å². The maximum Gasteiger partial charge on any atom is 1.00 e. The molecule has 0 amide bonds. The van der Waals surface area contributed by atoms with Crippen LogP contribution in [0.1, 0.15) is 76.9 Å². The molecule has 11 heteroatoms. The van der Waals surface area contributed by atoms with Gasteiger partial charge in [0.05, 0.1) is 18.6 Å². The first-order valence-corrected chi connectivity index (χ1v) is 9.98. The van der Waals surface area contributed by atoms with Gasteiger partial charge in [0, 0.05) is 0 Å². The van der Waals surface area contributed by atoms with Crippen molar-refractivity contribution in [1.29, 1.82) is 0 Å². The monoisotopic (exact) mass is 438 g/mol. The summed E-state index contributed by atoms with van der Waals surface area (Å²) in [6, 6.07) is 0. The topological polar surface area (TPSA) is 107 Å². The molecule has 0 aliphatic carbocycles. The largest absolute Gasteiger partial charge is 1.00 e. The van der Waals surface area contributed by atoms with Gasteiger partial charge in [-0.15, -0.1) is 0 Å². The van der Waals surface area contributed by atoms with Crippen LogP contribution in [0.15, 0.2) is 0 Å². The van der Waals surface area contributed by atoms with E-state index in [1.807, 2.05) is 13.8 Å². The molecule has 0 bridgehead atoms. The van der Waals surface area contributed by atoms with Crippen molar-refractivity contribution in [2.24, 2.45) is 0 Å². The summed E-state index contributed by atoms with van der Waals surface area (Å²) < 4.78 is 42.1. The molecular formula is C16H33Na3O7S. The van der Waals surface area contributed by atoms with Crippen LogP contribution in [0.2, 0.25) is 0 Å². The Kier molecular flexibility index (Phi) is 26.6. The van der Waals surface area contributed by atoms with Crippen molar-refractivity contribution in [3.8, 4) is 0 Å². The molecule has 27 heavy (non-hydrogen) atoms. The van der Waals surface area contributed by atoms with Crippen LogP contribution in [0.4, 0.5) is 0 Å². The van der Waals surface area contributed by atoms with E-state index in [1.54, 1.807) is 13.8 Å². The maximum atomic E-state index is 12.0. The quantitative estimate of drug-likeness (QED) is 0.184. The average molecular weight is 438 g/mol. The van der Waals surface area contributed by atoms with Gasteiger partial charge in [0.2, 0.25) is 0 Å². The predicted molar refractivity (Wildman–Crippen MR) is 93.4 cm³/mol. The van der Waals surface area contributed by atoms with Gasteiger partial charge in [-0.05, 0) is 26.7 Å². The fourth-order valence-corrected chi connectivity index (χ4v) is 2.75. The van der Waals surface area contributed by atoms with Crippen LogP contribution >= 0.6 is 0 Å². The van der Waals surface area contributed by atoms with E-state index in [0.29, 0.717) is 12.8 Å². The molecule has 0 aromatic heterocycles. The van der Waals surface area contributed by atoms with Gasteiger partial charge in [-0.3, -0.25) is 14.1 Å². The zero-order chi connectivity index (χ0) is 18.8. The Bertz CT molecular complexity index is 514. The number of esters is 2. The van der Waals surface area contributed by atoms with Crippen LogP contribution in [0.5, 0.6) is 0 Å². The Labute approximate surface area is 234 Å². The molecule has 0 aliphatic rings. The second kappa shape index (κ2) is 19.8. The molecule has 0 rings (SSSR count). The van der Waals surface area contributed by atoms with Crippen molar-refractivity contribution < 1.29 is 125 Å². The number of carbonyl (C=O) groups is 2. The first-order chi connectivity index (χ1) is 11.1. The van der Waals surface area contributed by atoms with Gasteiger partial charge >= 0.3 is 101 Å². The van der Waals surface area contributed by atoms with Crippen LogP contribution in [0.3, 0.4) is 0 Å². The summed E-state index contributed by atoms with van der Waals surface area (Å²) in [5.41, 5.74) is 0. The zero-order valence-corrected chi connectivity index (χ0v) is 24.8. The van der Waals surface area contributed by atoms with E-state index in [9.17, 15) is 22.6 Å². The second-order valence-electron chi connectivity index (χ2n) is 6.04. The van der Waals surface area contributed by atoms with Crippen molar-refractivity contribution in [1.82, 2.24) is 0 Å². The molecule has 7 nitrogen and oxygen atoms in total. The molecule has 1 N–H and O–H groups in total. The molecule has 3 atom stereocenters. The van der Waals surface area contributed by atoms with Gasteiger partial charge in [-0.2, -0.15) is 8.42 Å². The minimum absolute atomic E-state index is 0. The summed E-state index contributed by atoms with van der Waals surface area (Å²) in [5, 5.41) is -1.95. The van der Waals surface area contributed by atoms with E-state index < -0.39 is 39.8 Å². The summed E-state index contributed by atoms with van der Waals surface area (Å²) in [5.74, 6) is -1.97. The fourth-order valence-electron chi connectivity index (χ4n) is 2.11. The fraction of sp³-hybridized carbons (Fsp3) is 0.875. The Hall–Kier alpha value is 1.85. The third-order valence-electron chi connectivity index (χ3n) is 3.55. The Morgan fingerprint density at radius 2 is 1.33 bits per heavy atom. The minimum atomic E-state index is -4.75. The van der Waals surface area contributed by atoms with Gasteiger partial charge in [-0.25, -0.2) is 0 Å². The zero-order valence-electron chi connectivity index (χ0n) is 21.0. The Balaban J connectivity index is -0.000000176. The second-order valence-corrected chi connectivity index (χ2v) is 7.64. The number of ether oxygens (including phenoxy) is 2. The molecule has 0 aromatic rings. The molecule has 0 aromatic carbocycles. The molecule has 0 aliphatic heterocycles. The number of unbranched alkanes of at least 4 members (excludes halogenated alkanes) is 2. The molecule has 0 saturated carbocycles. The standard InChI is InChI=1S/C16H30O7S.3Na.3H/c1-5-7-9-12(3)22-15(17)11-14(24(19,20)21)16(18)23-13(4)10-8-6-2;;;;;;/h12-14H,5-11H2,1-4H3,(H,19,20,21);;;;;;/q;3*+1;3*-1. The van der Waals surface area contributed by atoms with Crippen molar-refractivity contribution in [3.63, 3.8) is 0 Å². The van der Waals surface area contributed by atoms with Gasteiger partial charge < -0.3 is 13.8 Å². The van der Waals surface area contributed by atoms with E-state index in [0.717, 1.165) is 25.7 Å². The van der Waals surface area contributed by atoms with Crippen molar-refractivity contribution in [3.05, 3.63) is 0 Å². The van der Waals surface area contributed by atoms with E-state index in [1.165, 1.54) is 0 Å². The molecule has 148 valence electrons. The van der Waals surface area contributed by atoms with Crippen molar-refractivity contribution in [2.75, 3.05) is 0 Å². The summed E-state index contributed by atoms with van der Waals surface area (Å²) in [7, 11) is -4.75. The summed E-state index contributed by atoms with van der Waals surface area (Å²) in [6.07, 6.45) is 3.16.